The third kappa shape index (κ3) is 18.6. The van der Waals surface area contributed by atoms with Crippen molar-refractivity contribution in [2.45, 2.75) is 126 Å². The lowest BCUT2D eigenvalue weighted by molar-refractivity contribution is 0.673. The fourth-order valence-electron chi connectivity index (χ4n) is 3.26. The van der Waals surface area contributed by atoms with Gasteiger partial charge in [0.05, 0.1) is 0 Å². The smallest absolute Gasteiger partial charge is 0.0466 e. The van der Waals surface area contributed by atoms with Gasteiger partial charge in [0.2, 0.25) is 0 Å². The maximum atomic E-state index is 6.92. The van der Waals surface area contributed by atoms with Gasteiger partial charge < -0.3 is 0 Å². The van der Waals surface area contributed by atoms with Crippen molar-refractivity contribution in [3.63, 3.8) is 0 Å². The van der Waals surface area contributed by atoms with Crippen LogP contribution in [-0.4, -0.2) is 21.3 Å². The van der Waals surface area contributed by atoms with E-state index in [1.165, 1.54) is 0 Å². The predicted molar refractivity (Wildman–Crippen MR) is 157 cm³/mol. The first kappa shape index (κ1) is 32.2. The van der Waals surface area contributed by atoms with Crippen LogP contribution in [0.3, 0.4) is 0 Å². The van der Waals surface area contributed by atoms with Crippen LogP contribution in [0.4, 0.5) is 0 Å². The summed E-state index contributed by atoms with van der Waals surface area (Å²) >= 11 is 13.8. The van der Waals surface area contributed by atoms with Gasteiger partial charge in [-0.25, -0.2) is 0 Å². The molecule has 0 saturated carbocycles. The van der Waals surface area contributed by atoms with Gasteiger partial charge >= 0.3 is 0 Å². The molecule has 0 amide bonds. The number of halogens is 2. The Bertz CT molecular complexity index is 468. The molecule has 0 aliphatic carbocycles. The van der Waals surface area contributed by atoms with E-state index < -0.39 is 0 Å². The highest BCUT2D eigenvalue weighted by molar-refractivity contribution is 8.77. The highest BCUT2D eigenvalue weighted by atomic mass is 35.5. The minimum Gasteiger partial charge on any atom is -0.122 e. The zero-order valence-corrected chi connectivity index (χ0v) is 24.1. The van der Waals surface area contributed by atoms with Gasteiger partial charge in [-0.3, -0.25) is 0 Å². The summed E-state index contributed by atoms with van der Waals surface area (Å²) in [6.45, 7) is 8.74. The molecule has 0 spiro atoms. The van der Waals surface area contributed by atoms with E-state index in [9.17, 15) is 0 Å². The Morgan fingerprint density at radius 1 is 0.469 bits per heavy atom. The molecular formula is C28H48Cl2S2. The molecule has 0 aliphatic heterocycles. The SMILES string of the molecule is CC/C=C\CCC(Cl)C(CC/C=C\CC)SSC(CC/C=C\CC)C(Cl)CC/C=C\CC. The molecule has 0 rings (SSSR count). The molecule has 0 nitrogen and oxygen atoms in total. The average Bonchev–Trinajstić information content (AvgIpc) is 2.80. The van der Waals surface area contributed by atoms with Gasteiger partial charge in [-0.05, 0) is 77.0 Å². The quantitative estimate of drug-likeness (QED) is 0.0840. The predicted octanol–water partition coefficient (Wildman–Crippen LogP) is 11.3. The summed E-state index contributed by atoms with van der Waals surface area (Å²) in [4.78, 5) is 0. The first-order valence-corrected chi connectivity index (χ1v) is 16.0. The minimum atomic E-state index is 0.200. The standard InChI is InChI=1S/C28H48Cl2S2/c1-5-9-13-17-21-25(29)27(23-19-15-11-7-3)31-32-28(24-20-16-12-8-4)26(30)22-18-14-10-6-2/h9-16,25-28H,5-8,17-24H2,1-4H3/b13-9-,14-10-,15-11-,16-12-. The summed E-state index contributed by atoms with van der Waals surface area (Å²) in [5.41, 5.74) is 0. The fraction of sp³-hybridized carbons (Fsp3) is 0.714. The third-order valence-electron chi connectivity index (χ3n) is 5.17. The van der Waals surface area contributed by atoms with Crippen LogP contribution in [0.15, 0.2) is 48.6 Å². The summed E-state index contributed by atoms with van der Waals surface area (Å²) in [5, 5.41) is 1.31. The number of rotatable bonds is 21. The highest BCUT2D eigenvalue weighted by Gasteiger charge is 2.24. The molecular weight excluding hydrogens is 471 g/mol. The largest absolute Gasteiger partial charge is 0.122 e. The summed E-state index contributed by atoms with van der Waals surface area (Å²) in [6.07, 6.45) is 31.3. The molecule has 0 N–H and O–H groups in total. The van der Waals surface area contributed by atoms with Gasteiger partial charge in [0.1, 0.15) is 0 Å². The number of hydrogen-bond acceptors (Lipinski definition) is 2. The van der Waals surface area contributed by atoms with Crippen molar-refractivity contribution < 1.29 is 0 Å². The molecule has 0 bridgehead atoms. The number of hydrogen-bond donors (Lipinski definition) is 0. The van der Waals surface area contributed by atoms with Crippen LogP contribution in [0.5, 0.6) is 0 Å². The minimum absolute atomic E-state index is 0.200. The zero-order valence-electron chi connectivity index (χ0n) is 21.0. The van der Waals surface area contributed by atoms with Crippen molar-refractivity contribution in [1.29, 1.82) is 0 Å². The molecule has 4 atom stereocenters. The zero-order chi connectivity index (χ0) is 23.9. The Balaban J connectivity index is 4.98. The van der Waals surface area contributed by atoms with Gasteiger partial charge in [-0.2, -0.15) is 0 Å². The van der Waals surface area contributed by atoms with E-state index in [1.54, 1.807) is 0 Å². The molecule has 0 radical (unpaired) electrons. The maximum Gasteiger partial charge on any atom is 0.0466 e. The summed E-state index contributed by atoms with van der Waals surface area (Å²) < 4.78 is 0. The summed E-state index contributed by atoms with van der Waals surface area (Å²) in [5.74, 6) is 0. The Labute approximate surface area is 218 Å². The second-order valence-electron chi connectivity index (χ2n) is 8.13. The molecule has 0 saturated heterocycles. The normalized spacial score (nSPS) is 16.6. The van der Waals surface area contributed by atoms with E-state index >= 15 is 0 Å². The van der Waals surface area contributed by atoms with E-state index in [2.05, 4.69) is 76.3 Å². The third-order valence-corrected chi connectivity index (χ3v) is 10.1. The van der Waals surface area contributed by atoms with Crippen molar-refractivity contribution >= 4 is 44.8 Å². The molecule has 186 valence electrons. The van der Waals surface area contributed by atoms with E-state index in [0.29, 0.717) is 10.5 Å². The molecule has 0 heterocycles. The maximum absolute atomic E-state index is 6.92. The van der Waals surface area contributed by atoms with Crippen LogP contribution in [0.25, 0.3) is 0 Å². The highest BCUT2D eigenvalue weighted by Crippen LogP contribution is 2.42. The molecule has 0 aromatic rings. The molecule has 0 aromatic carbocycles. The van der Waals surface area contributed by atoms with Crippen molar-refractivity contribution in [3.8, 4) is 0 Å². The molecule has 0 aliphatic rings. The fourth-order valence-corrected chi connectivity index (χ4v) is 7.94. The first-order valence-electron chi connectivity index (χ1n) is 12.8. The van der Waals surface area contributed by atoms with Gasteiger partial charge in [-0.15, -0.1) is 23.2 Å². The average molecular weight is 520 g/mol. The topological polar surface area (TPSA) is 0 Å². The van der Waals surface area contributed by atoms with Gasteiger partial charge in [-0.1, -0.05) is 97.9 Å². The first-order chi connectivity index (χ1) is 15.6. The van der Waals surface area contributed by atoms with Crippen LogP contribution in [0, 0.1) is 0 Å². The van der Waals surface area contributed by atoms with Gasteiger partial charge in [0.15, 0.2) is 0 Å². The van der Waals surface area contributed by atoms with Crippen molar-refractivity contribution in [2.75, 3.05) is 0 Å². The monoisotopic (exact) mass is 518 g/mol. The Hall–Kier alpha value is 0.240. The van der Waals surface area contributed by atoms with Crippen LogP contribution in [0.2, 0.25) is 0 Å². The van der Waals surface area contributed by atoms with Gasteiger partial charge in [0, 0.05) is 21.3 Å². The molecule has 32 heavy (non-hydrogen) atoms. The second kappa shape index (κ2) is 24.4. The summed E-state index contributed by atoms with van der Waals surface area (Å²) in [6, 6.07) is 0. The van der Waals surface area contributed by atoms with Crippen molar-refractivity contribution in [2.24, 2.45) is 0 Å². The Morgan fingerprint density at radius 2 is 0.750 bits per heavy atom. The molecule has 4 unspecified atom stereocenters. The Kier molecular flexibility index (Phi) is 24.6. The lowest BCUT2D eigenvalue weighted by Gasteiger charge is -2.26. The van der Waals surface area contributed by atoms with Gasteiger partial charge in [0.25, 0.3) is 0 Å². The lowest BCUT2D eigenvalue weighted by atomic mass is 10.1. The molecule has 0 aromatic heterocycles. The van der Waals surface area contributed by atoms with Crippen LogP contribution >= 0.6 is 44.8 Å². The second-order valence-corrected chi connectivity index (χ2v) is 12.0. The van der Waals surface area contributed by atoms with Crippen LogP contribution in [0.1, 0.15) is 105 Å². The number of allylic oxidation sites excluding steroid dienone is 8. The lowest BCUT2D eigenvalue weighted by Crippen LogP contribution is -2.20. The Morgan fingerprint density at radius 3 is 1.03 bits per heavy atom. The van der Waals surface area contributed by atoms with Crippen molar-refractivity contribution in [3.05, 3.63) is 48.6 Å². The molecule has 0 fully saturated rings. The summed E-state index contributed by atoms with van der Waals surface area (Å²) in [7, 11) is 3.99. The van der Waals surface area contributed by atoms with E-state index in [0.717, 1.165) is 77.0 Å². The molecule has 4 heteroatoms. The van der Waals surface area contributed by atoms with Crippen molar-refractivity contribution in [1.82, 2.24) is 0 Å². The van der Waals surface area contributed by atoms with E-state index in [1.807, 2.05) is 21.6 Å². The number of alkyl halides is 2. The van der Waals surface area contributed by atoms with Crippen LogP contribution in [-0.2, 0) is 0 Å². The van der Waals surface area contributed by atoms with E-state index in [-0.39, 0.29) is 10.8 Å². The van der Waals surface area contributed by atoms with Crippen LogP contribution < -0.4 is 0 Å². The van der Waals surface area contributed by atoms with E-state index in [4.69, 9.17) is 23.2 Å².